The number of nitrogens with one attached hydrogen (secondary N) is 2. The summed E-state index contributed by atoms with van der Waals surface area (Å²) in [4.78, 5) is 64.2. The highest BCUT2D eigenvalue weighted by Gasteiger charge is 2.52. The van der Waals surface area contributed by atoms with Crippen molar-refractivity contribution < 1.29 is 24.0 Å². The molecule has 2 aliphatic heterocycles. The number of urea groups is 1. The summed E-state index contributed by atoms with van der Waals surface area (Å²) in [6.45, 7) is 1.61. The van der Waals surface area contributed by atoms with Gasteiger partial charge in [0.25, 0.3) is 17.1 Å². The zero-order valence-corrected chi connectivity index (χ0v) is 18.5. The number of hydrogen-bond acceptors (Lipinski definition) is 6. The minimum atomic E-state index is -0.858. The standard InChI is InChI=1S/C22H24N4O5S/c1-14-4-6-15(7-5-14)12-16-18(28)25(21(31)32-16)11-10-23-17(27)13-26-19(29)22(24-20(26)30)8-2-3-9-22/h4-7,12H,2-3,8-11,13H2,1H3,(H,23,27)(H,24,30). The second kappa shape index (κ2) is 8.78. The van der Waals surface area contributed by atoms with Crippen molar-refractivity contribution in [3.63, 3.8) is 0 Å². The van der Waals surface area contributed by atoms with Gasteiger partial charge in [0, 0.05) is 13.1 Å². The first-order valence-corrected chi connectivity index (χ1v) is 11.3. The summed E-state index contributed by atoms with van der Waals surface area (Å²) in [7, 11) is 0. The minimum absolute atomic E-state index is 0.00568. The molecule has 2 N–H and O–H groups in total. The van der Waals surface area contributed by atoms with Crippen LogP contribution in [-0.4, -0.2) is 64.0 Å². The monoisotopic (exact) mass is 456 g/mol. The number of hydrogen-bond donors (Lipinski definition) is 2. The topological polar surface area (TPSA) is 116 Å². The molecule has 0 radical (unpaired) electrons. The van der Waals surface area contributed by atoms with Gasteiger partial charge in [0.05, 0.1) is 4.91 Å². The van der Waals surface area contributed by atoms with Crippen LogP contribution in [0.1, 0.15) is 36.8 Å². The van der Waals surface area contributed by atoms with E-state index in [9.17, 15) is 24.0 Å². The molecule has 1 spiro atoms. The Kier molecular flexibility index (Phi) is 6.05. The third kappa shape index (κ3) is 4.27. The molecule has 3 fully saturated rings. The third-order valence-corrected chi connectivity index (χ3v) is 6.82. The Morgan fingerprint density at radius 1 is 1.12 bits per heavy atom. The molecule has 0 aromatic heterocycles. The van der Waals surface area contributed by atoms with Crippen molar-refractivity contribution in [2.45, 2.75) is 38.1 Å². The van der Waals surface area contributed by atoms with Crippen molar-refractivity contribution in [1.82, 2.24) is 20.4 Å². The number of aryl methyl sites for hydroxylation is 1. The molecular weight excluding hydrogens is 432 g/mol. The molecule has 1 saturated carbocycles. The molecule has 32 heavy (non-hydrogen) atoms. The Labute approximate surface area is 189 Å². The van der Waals surface area contributed by atoms with Crippen molar-refractivity contribution in [2.75, 3.05) is 19.6 Å². The van der Waals surface area contributed by atoms with E-state index in [-0.39, 0.29) is 25.5 Å². The molecule has 4 rings (SSSR count). The molecule has 1 aromatic carbocycles. The van der Waals surface area contributed by atoms with E-state index in [1.807, 2.05) is 31.2 Å². The fourth-order valence-corrected chi connectivity index (χ4v) is 5.02. The lowest BCUT2D eigenvalue weighted by atomic mass is 9.98. The van der Waals surface area contributed by atoms with Gasteiger partial charge in [-0.25, -0.2) is 4.79 Å². The Balaban J connectivity index is 1.28. The first-order chi connectivity index (χ1) is 15.3. The van der Waals surface area contributed by atoms with E-state index in [1.165, 1.54) is 0 Å². The van der Waals surface area contributed by atoms with Crippen molar-refractivity contribution in [3.05, 3.63) is 40.3 Å². The van der Waals surface area contributed by atoms with Crippen LogP contribution in [0, 0.1) is 6.92 Å². The van der Waals surface area contributed by atoms with Crippen LogP contribution >= 0.6 is 11.8 Å². The molecule has 1 aliphatic carbocycles. The maximum atomic E-state index is 12.6. The number of rotatable bonds is 6. The van der Waals surface area contributed by atoms with Crippen LogP contribution in [0.15, 0.2) is 29.2 Å². The largest absolute Gasteiger partial charge is 0.353 e. The first kappa shape index (κ1) is 22.1. The van der Waals surface area contributed by atoms with Crippen molar-refractivity contribution >= 4 is 46.8 Å². The molecule has 2 heterocycles. The number of amides is 6. The van der Waals surface area contributed by atoms with Gasteiger partial charge in [0.2, 0.25) is 5.91 Å². The molecule has 0 unspecified atom stereocenters. The van der Waals surface area contributed by atoms with Crippen LogP contribution in [0.3, 0.4) is 0 Å². The van der Waals surface area contributed by atoms with Gasteiger partial charge in [-0.2, -0.15) is 0 Å². The van der Waals surface area contributed by atoms with Gasteiger partial charge in [-0.1, -0.05) is 42.7 Å². The fraction of sp³-hybridized carbons (Fsp3) is 0.409. The molecular formula is C22H24N4O5S. The highest BCUT2D eigenvalue weighted by molar-refractivity contribution is 8.18. The van der Waals surface area contributed by atoms with E-state index in [4.69, 9.17) is 0 Å². The lowest BCUT2D eigenvalue weighted by molar-refractivity contribution is -0.134. The first-order valence-electron chi connectivity index (χ1n) is 10.5. The Bertz CT molecular complexity index is 1010. The Hall–Kier alpha value is -3.14. The lowest BCUT2D eigenvalue weighted by Crippen LogP contribution is -2.46. The number of imide groups is 2. The van der Waals surface area contributed by atoms with Crippen molar-refractivity contribution in [1.29, 1.82) is 0 Å². The van der Waals surface area contributed by atoms with Gasteiger partial charge >= 0.3 is 6.03 Å². The number of carbonyl (C=O) groups excluding carboxylic acids is 5. The molecule has 168 valence electrons. The summed E-state index contributed by atoms with van der Waals surface area (Å²) < 4.78 is 0. The Morgan fingerprint density at radius 2 is 1.81 bits per heavy atom. The van der Waals surface area contributed by atoms with Crippen LogP contribution in [0.4, 0.5) is 9.59 Å². The second-order valence-corrected chi connectivity index (χ2v) is 9.20. The van der Waals surface area contributed by atoms with Crippen LogP contribution in [0.5, 0.6) is 0 Å². The quantitative estimate of drug-likeness (QED) is 0.500. The highest BCUT2D eigenvalue weighted by atomic mass is 32.2. The smallest absolute Gasteiger partial charge is 0.325 e. The molecule has 2 saturated heterocycles. The summed E-state index contributed by atoms with van der Waals surface area (Å²) in [5.74, 6) is -1.29. The number of benzene rings is 1. The summed E-state index contributed by atoms with van der Waals surface area (Å²) in [6, 6.07) is 7.03. The number of carbonyl (C=O) groups is 5. The van der Waals surface area contributed by atoms with E-state index in [0.29, 0.717) is 17.7 Å². The summed E-state index contributed by atoms with van der Waals surface area (Å²) in [6.07, 6.45) is 4.57. The van der Waals surface area contributed by atoms with Gasteiger partial charge in [0.1, 0.15) is 12.1 Å². The molecule has 6 amide bonds. The van der Waals surface area contributed by atoms with Gasteiger partial charge < -0.3 is 10.6 Å². The van der Waals surface area contributed by atoms with Crippen LogP contribution in [0.2, 0.25) is 0 Å². The normalized spacial score (nSPS) is 21.2. The van der Waals surface area contributed by atoms with Gasteiger partial charge in [-0.05, 0) is 43.2 Å². The average molecular weight is 457 g/mol. The zero-order chi connectivity index (χ0) is 22.9. The maximum Gasteiger partial charge on any atom is 0.325 e. The van der Waals surface area contributed by atoms with Gasteiger partial charge in [-0.3, -0.25) is 29.0 Å². The summed E-state index contributed by atoms with van der Waals surface area (Å²) in [5, 5.41) is 4.90. The van der Waals surface area contributed by atoms with Crippen LogP contribution in [0.25, 0.3) is 6.08 Å². The van der Waals surface area contributed by atoms with Crippen molar-refractivity contribution in [2.24, 2.45) is 0 Å². The average Bonchev–Trinajstić information content (AvgIpc) is 3.39. The number of nitrogens with zero attached hydrogens (tertiary/aromatic N) is 2. The molecule has 10 heteroatoms. The minimum Gasteiger partial charge on any atom is -0.353 e. The van der Waals surface area contributed by atoms with Gasteiger partial charge in [0.15, 0.2) is 0 Å². The molecule has 9 nitrogen and oxygen atoms in total. The van der Waals surface area contributed by atoms with Gasteiger partial charge in [-0.15, -0.1) is 0 Å². The van der Waals surface area contributed by atoms with E-state index in [2.05, 4.69) is 10.6 Å². The number of thioether (sulfide) groups is 1. The highest BCUT2D eigenvalue weighted by Crippen LogP contribution is 2.35. The van der Waals surface area contributed by atoms with E-state index in [1.54, 1.807) is 6.08 Å². The second-order valence-electron chi connectivity index (χ2n) is 8.20. The molecule has 0 atom stereocenters. The summed E-state index contributed by atoms with van der Waals surface area (Å²) >= 11 is 0.857. The van der Waals surface area contributed by atoms with E-state index in [0.717, 1.165) is 45.5 Å². The SMILES string of the molecule is Cc1ccc(C=C2SC(=O)N(CCNC(=O)CN3C(=O)NC4(CCCC4)C3=O)C2=O)cc1. The molecule has 1 aromatic rings. The maximum absolute atomic E-state index is 12.6. The van der Waals surface area contributed by atoms with E-state index < -0.39 is 28.6 Å². The predicted molar refractivity (Wildman–Crippen MR) is 118 cm³/mol. The van der Waals surface area contributed by atoms with E-state index >= 15 is 0 Å². The molecule has 3 aliphatic rings. The zero-order valence-electron chi connectivity index (χ0n) is 17.7. The lowest BCUT2D eigenvalue weighted by Gasteiger charge is -2.20. The third-order valence-electron chi connectivity index (χ3n) is 5.91. The van der Waals surface area contributed by atoms with Crippen LogP contribution < -0.4 is 10.6 Å². The predicted octanol–water partition coefficient (Wildman–Crippen LogP) is 2.01. The van der Waals surface area contributed by atoms with Crippen molar-refractivity contribution in [3.8, 4) is 0 Å². The Morgan fingerprint density at radius 3 is 2.50 bits per heavy atom. The molecule has 0 bridgehead atoms. The van der Waals surface area contributed by atoms with Crippen LogP contribution in [-0.2, 0) is 14.4 Å². The summed E-state index contributed by atoms with van der Waals surface area (Å²) in [5.41, 5.74) is 1.06. The fourth-order valence-electron chi connectivity index (χ4n) is 4.15.